The first kappa shape index (κ1) is 24.6. The lowest BCUT2D eigenvalue weighted by Gasteiger charge is -2.29. The fraction of sp³-hybridized carbons (Fsp3) is 0.320. The third-order valence-corrected chi connectivity index (χ3v) is 8.75. The number of benzene rings is 2. The van der Waals surface area contributed by atoms with Gasteiger partial charge in [0.2, 0.25) is 0 Å². The lowest BCUT2D eigenvalue weighted by Crippen LogP contribution is -2.34. The summed E-state index contributed by atoms with van der Waals surface area (Å²) in [5, 5.41) is 14.2. The van der Waals surface area contributed by atoms with Crippen LogP contribution in [0.25, 0.3) is 11.4 Å². The molecule has 5 N–H and O–H groups in total. The molecular formula is C25H29N5O4S. The summed E-state index contributed by atoms with van der Waals surface area (Å²) in [5.41, 5.74) is 7.76. The molecule has 1 aliphatic rings. The van der Waals surface area contributed by atoms with Gasteiger partial charge in [-0.1, -0.05) is 31.0 Å². The quantitative estimate of drug-likeness (QED) is 0.350. The lowest BCUT2D eigenvalue weighted by molar-refractivity contribution is 0.249. The summed E-state index contributed by atoms with van der Waals surface area (Å²) >= 11 is 0. The number of hydrogen-bond acceptors (Lipinski definition) is 7. The van der Waals surface area contributed by atoms with Crippen molar-refractivity contribution < 1.29 is 18.3 Å². The molecule has 10 heteroatoms. The Kier molecular flexibility index (Phi) is 7.32. The Morgan fingerprint density at radius 3 is 2.37 bits per heavy atom. The van der Waals surface area contributed by atoms with Gasteiger partial charge in [-0.15, -0.1) is 0 Å². The van der Waals surface area contributed by atoms with Gasteiger partial charge < -0.3 is 21.5 Å². The molecule has 9 nitrogen and oxygen atoms in total. The molecule has 3 aromatic rings. The molecule has 1 aromatic heterocycles. The first-order chi connectivity index (χ1) is 16.9. The average molecular weight is 496 g/mol. The second kappa shape index (κ2) is 10.4. The predicted octanol–water partition coefficient (Wildman–Crippen LogP) is 3.47. The molecule has 0 saturated heterocycles. The van der Waals surface area contributed by atoms with E-state index in [-0.39, 0.29) is 23.4 Å². The number of carbonyl (C=O) groups is 1. The molecule has 2 amide bonds. The van der Waals surface area contributed by atoms with Crippen molar-refractivity contribution in [2.75, 3.05) is 24.2 Å². The van der Waals surface area contributed by atoms with E-state index < -0.39 is 14.6 Å². The summed E-state index contributed by atoms with van der Waals surface area (Å²) in [6.07, 6.45) is 2.98. The monoisotopic (exact) mass is 495 g/mol. The number of aliphatic hydroxyl groups is 1. The molecule has 1 heterocycles. The second-order valence-electron chi connectivity index (χ2n) is 8.55. The third-order valence-electron chi connectivity index (χ3n) is 6.21. The summed E-state index contributed by atoms with van der Waals surface area (Å²) in [6.45, 7) is 0.374. The van der Waals surface area contributed by atoms with Crippen molar-refractivity contribution in [1.82, 2.24) is 15.3 Å². The summed E-state index contributed by atoms with van der Waals surface area (Å²) < 4.78 is 26.4. The van der Waals surface area contributed by atoms with E-state index in [1.165, 1.54) is 0 Å². The van der Waals surface area contributed by atoms with E-state index in [1.807, 2.05) is 0 Å². The minimum Gasteiger partial charge on any atom is -0.396 e. The topological polar surface area (TPSA) is 147 Å². The number of aliphatic hydroxyl groups excluding tert-OH is 1. The lowest BCUT2D eigenvalue weighted by atomic mass is 10.0. The molecule has 0 unspecified atom stereocenters. The zero-order valence-electron chi connectivity index (χ0n) is 19.3. The third kappa shape index (κ3) is 5.13. The number of nitrogen functional groups attached to an aromatic ring is 1. The van der Waals surface area contributed by atoms with Crippen LogP contribution in [-0.4, -0.2) is 42.7 Å². The standard InChI is InChI=1S/C25H29N5O4S/c26-22-17-21(25(13-4-5-14-25)35(33,34)20-7-2-1-3-8-20)29-23(30-22)18-9-11-19(12-10-18)28-24(32)27-15-6-16-31/h1-3,7-12,17,31H,4-6,13-16H2,(H2,26,29,30)(H2,27,28,32). The van der Waals surface area contributed by atoms with E-state index in [4.69, 9.17) is 15.8 Å². The molecule has 35 heavy (non-hydrogen) atoms. The highest BCUT2D eigenvalue weighted by atomic mass is 32.2. The number of urea groups is 1. The van der Waals surface area contributed by atoms with Crippen molar-refractivity contribution in [3.63, 3.8) is 0 Å². The zero-order valence-corrected chi connectivity index (χ0v) is 20.1. The van der Waals surface area contributed by atoms with Gasteiger partial charge in [0.1, 0.15) is 10.6 Å². The fourth-order valence-corrected chi connectivity index (χ4v) is 6.59. The number of aromatic nitrogens is 2. The number of hydrogen-bond donors (Lipinski definition) is 4. The Hall–Kier alpha value is -3.50. The van der Waals surface area contributed by atoms with E-state index >= 15 is 0 Å². The predicted molar refractivity (Wildman–Crippen MR) is 134 cm³/mol. The van der Waals surface area contributed by atoms with Gasteiger partial charge in [0.15, 0.2) is 15.7 Å². The Morgan fingerprint density at radius 2 is 1.71 bits per heavy atom. The molecule has 2 aromatic carbocycles. The Labute approximate surface area is 204 Å². The fourth-order valence-electron chi connectivity index (χ4n) is 4.42. The van der Waals surface area contributed by atoms with Crippen molar-refractivity contribution in [3.8, 4) is 11.4 Å². The molecule has 1 aliphatic carbocycles. The number of anilines is 2. The maximum absolute atomic E-state index is 13.8. The van der Waals surface area contributed by atoms with Crippen molar-refractivity contribution >= 4 is 27.4 Å². The molecule has 4 rings (SSSR count). The maximum atomic E-state index is 13.8. The summed E-state index contributed by atoms with van der Waals surface area (Å²) in [4.78, 5) is 21.2. The van der Waals surface area contributed by atoms with Crippen LogP contribution in [0.4, 0.5) is 16.3 Å². The van der Waals surface area contributed by atoms with E-state index in [0.717, 1.165) is 12.8 Å². The van der Waals surface area contributed by atoms with Gasteiger partial charge in [-0.2, -0.15) is 0 Å². The maximum Gasteiger partial charge on any atom is 0.319 e. The number of amides is 2. The number of rotatable bonds is 8. The first-order valence-corrected chi connectivity index (χ1v) is 13.0. The van der Waals surface area contributed by atoms with Crippen LogP contribution in [-0.2, 0) is 14.6 Å². The van der Waals surface area contributed by atoms with E-state index in [2.05, 4.69) is 15.6 Å². The molecule has 0 bridgehead atoms. The van der Waals surface area contributed by atoms with E-state index in [0.29, 0.717) is 48.6 Å². The van der Waals surface area contributed by atoms with Crippen molar-refractivity contribution in [2.45, 2.75) is 41.7 Å². The van der Waals surface area contributed by atoms with Crippen molar-refractivity contribution in [1.29, 1.82) is 0 Å². The molecule has 0 radical (unpaired) electrons. The highest BCUT2D eigenvalue weighted by molar-refractivity contribution is 7.92. The Bertz CT molecular complexity index is 1270. The molecule has 1 fully saturated rings. The Morgan fingerprint density at radius 1 is 1.03 bits per heavy atom. The number of nitrogens with two attached hydrogens (primary N) is 1. The average Bonchev–Trinajstić information content (AvgIpc) is 3.37. The first-order valence-electron chi connectivity index (χ1n) is 11.6. The smallest absolute Gasteiger partial charge is 0.319 e. The Balaban J connectivity index is 1.64. The normalized spacial score (nSPS) is 15.0. The molecule has 1 saturated carbocycles. The van der Waals surface area contributed by atoms with Crippen molar-refractivity contribution in [2.24, 2.45) is 0 Å². The number of sulfone groups is 1. The number of nitrogens with zero attached hydrogens (tertiary/aromatic N) is 2. The molecular weight excluding hydrogens is 466 g/mol. The van der Waals surface area contributed by atoms with Gasteiger partial charge in [0, 0.05) is 30.5 Å². The van der Waals surface area contributed by atoms with Crippen LogP contribution in [0.5, 0.6) is 0 Å². The molecule has 0 spiro atoms. The highest BCUT2D eigenvalue weighted by Crippen LogP contribution is 2.48. The highest BCUT2D eigenvalue weighted by Gasteiger charge is 2.49. The largest absolute Gasteiger partial charge is 0.396 e. The molecule has 184 valence electrons. The number of carbonyl (C=O) groups excluding carboxylic acids is 1. The zero-order chi connectivity index (χ0) is 24.9. The van der Waals surface area contributed by atoms with E-state index in [1.54, 1.807) is 60.7 Å². The summed E-state index contributed by atoms with van der Waals surface area (Å²) in [6, 6.07) is 16.6. The molecule has 0 aliphatic heterocycles. The van der Waals surface area contributed by atoms with Gasteiger partial charge in [-0.25, -0.2) is 23.2 Å². The van der Waals surface area contributed by atoms with Crippen LogP contribution in [0.15, 0.2) is 65.6 Å². The summed E-state index contributed by atoms with van der Waals surface area (Å²) in [7, 11) is -3.71. The minimum atomic E-state index is -3.71. The van der Waals surface area contributed by atoms with Crippen LogP contribution in [0.1, 0.15) is 37.8 Å². The van der Waals surface area contributed by atoms with Gasteiger partial charge in [-0.05, 0) is 55.7 Å². The van der Waals surface area contributed by atoms with Crippen LogP contribution in [0, 0.1) is 0 Å². The van der Waals surface area contributed by atoms with Crippen LogP contribution < -0.4 is 16.4 Å². The second-order valence-corrected chi connectivity index (χ2v) is 10.8. The number of nitrogens with one attached hydrogen (secondary N) is 2. The van der Waals surface area contributed by atoms with Crippen molar-refractivity contribution in [3.05, 3.63) is 66.4 Å². The van der Waals surface area contributed by atoms with Gasteiger partial charge in [0.05, 0.1) is 10.6 Å². The van der Waals surface area contributed by atoms with Crippen LogP contribution in [0.3, 0.4) is 0 Å². The van der Waals surface area contributed by atoms with Gasteiger partial charge in [-0.3, -0.25) is 0 Å². The minimum absolute atomic E-state index is 0.00507. The van der Waals surface area contributed by atoms with Crippen LogP contribution >= 0.6 is 0 Å². The van der Waals surface area contributed by atoms with Crippen LogP contribution in [0.2, 0.25) is 0 Å². The summed E-state index contributed by atoms with van der Waals surface area (Å²) in [5.74, 6) is 0.526. The van der Waals surface area contributed by atoms with Gasteiger partial charge >= 0.3 is 6.03 Å². The van der Waals surface area contributed by atoms with Gasteiger partial charge in [0.25, 0.3) is 0 Å². The SMILES string of the molecule is Nc1cc(C2(S(=O)(=O)c3ccccc3)CCCC2)nc(-c2ccc(NC(=O)NCCCO)cc2)n1. The molecule has 0 atom stereocenters. The van der Waals surface area contributed by atoms with E-state index in [9.17, 15) is 13.2 Å².